The first kappa shape index (κ1) is 22.0. The van der Waals surface area contributed by atoms with Gasteiger partial charge in [0.2, 0.25) is 5.91 Å². The summed E-state index contributed by atoms with van der Waals surface area (Å²) in [5.74, 6) is -0.539. The van der Waals surface area contributed by atoms with E-state index >= 15 is 0 Å². The van der Waals surface area contributed by atoms with Crippen LogP contribution in [0.5, 0.6) is 0 Å². The number of amides is 2. The fraction of sp³-hybridized carbons (Fsp3) is 0.250. The van der Waals surface area contributed by atoms with Crippen molar-refractivity contribution in [1.82, 2.24) is 5.32 Å². The number of unbranched alkanes of at least 4 members (excludes halogenated alkanes) is 2. The molecule has 0 unspecified atom stereocenters. The minimum absolute atomic E-state index is 0.0512. The Labute approximate surface area is 173 Å². The number of hydrogen-bond acceptors (Lipinski definition) is 5. The monoisotopic (exact) mass is 414 g/mol. The molecule has 9 heteroatoms. The molecular weight excluding hydrogens is 392 g/mol. The molecule has 0 aliphatic rings. The maximum atomic E-state index is 12.2. The Bertz CT molecular complexity index is 900. The second-order valence-corrected chi connectivity index (χ2v) is 6.71. The van der Waals surface area contributed by atoms with Gasteiger partial charge in [-0.25, -0.2) is 0 Å². The van der Waals surface area contributed by atoms with E-state index in [1.807, 2.05) is 0 Å². The second kappa shape index (κ2) is 10.9. The molecule has 2 aromatic carbocycles. The van der Waals surface area contributed by atoms with Crippen LogP contribution < -0.4 is 16.0 Å². The average molecular weight is 414 g/mol. The van der Waals surface area contributed by atoms with E-state index in [1.54, 1.807) is 24.3 Å². The van der Waals surface area contributed by atoms with Crippen LogP contribution in [-0.4, -0.2) is 21.9 Å². The van der Waals surface area contributed by atoms with Crippen molar-refractivity contribution in [2.75, 3.05) is 10.6 Å². The van der Waals surface area contributed by atoms with E-state index in [4.69, 9.17) is 12.2 Å². The summed E-state index contributed by atoms with van der Waals surface area (Å²) in [6.07, 6.45) is 3.38. The predicted molar refractivity (Wildman–Crippen MR) is 116 cm³/mol. The van der Waals surface area contributed by atoms with Crippen LogP contribution in [0.3, 0.4) is 0 Å². The lowest BCUT2D eigenvalue weighted by Crippen LogP contribution is -2.34. The molecule has 0 spiro atoms. The minimum atomic E-state index is -0.538. The highest BCUT2D eigenvalue weighted by Crippen LogP contribution is 2.16. The summed E-state index contributed by atoms with van der Waals surface area (Å²) >= 11 is 5.14. The zero-order chi connectivity index (χ0) is 21.2. The molecule has 0 radical (unpaired) electrons. The zero-order valence-corrected chi connectivity index (χ0v) is 16.8. The fourth-order valence-corrected chi connectivity index (χ4v) is 2.72. The molecular formula is C20H22N4O4S. The summed E-state index contributed by atoms with van der Waals surface area (Å²) in [6.45, 7) is 2.08. The third-order valence-electron chi connectivity index (χ3n) is 3.98. The van der Waals surface area contributed by atoms with Crippen molar-refractivity contribution in [3.05, 3.63) is 64.2 Å². The van der Waals surface area contributed by atoms with Gasteiger partial charge in [-0.2, -0.15) is 0 Å². The first-order chi connectivity index (χ1) is 13.9. The second-order valence-electron chi connectivity index (χ2n) is 6.30. The molecule has 0 aliphatic carbocycles. The third-order valence-corrected chi connectivity index (χ3v) is 4.18. The number of nitrogens with zero attached hydrogens (tertiary/aromatic N) is 1. The topological polar surface area (TPSA) is 113 Å². The van der Waals surface area contributed by atoms with Gasteiger partial charge in [-0.1, -0.05) is 25.8 Å². The van der Waals surface area contributed by atoms with Crippen LogP contribution >= 0.6 is 12.2 Å². The molecule has 0 saturated heterocycles. The Morgan fingerprint density at radius 1 is 1.03 bits per heavy atom. The summed E-state index contributed by atoms with van der Waals surface area (Å²) in [6, 6.07) is 12.2. The molecule has 0 saturated carbocycles. The summed E-state index contributed by atoms with van der Waals surface area (Å²) < 4.78 is 0. The Kier molecular flexibility index (Phi) is 8.23. The highest BCUT2D eigenvalue weighted by Gasteiger charge is 2.11. The summed E-state index contributed by atoms with van der Waals surface area (Å²) in [5, 5.41) is 19.0. The number of carbonyl (C=O) groups is 2. The summed E-state index contributed by atoms with van der Waals surface area (Å²) in [7, 11) is 0. The standard InChI is InChI=1S/C20H22N4O4S/c1-2-3-4-8-18(25)21-15-6-5-7-16(13-15)22-20(29)23-19(26)14-9-11-17(12-10-14)24(27)28/h5-7,9-13H,2-4,8H2,1H3,(H,21,25)(H2,22,23,26,29). The smallest absolute Gasteiger partial charge is 0.269 e. The Balaban J connectivity index is 1.90. The van der Waals surface area contributed by atoms with Crippen LogP contribution in [0, 0.1) is 10.1 Å². The van der Waals surface area contributed by atoms with Gasteiger partial charge >= 0.3 is 0 Å². The zero-order valence-electron chi connectivity index (χ0n) is 15.9. The van der Waals surface area contributed by atoms with Gasteiger partial charge in [0, 0.05) is 35.5 Å². The maximum absolute atomic E-state index is 12.2. The molecule has 0 atom stereocenters. The van der Waals surface area contributed by atoms with E-state index in [-0.39, 0.29) is 22.3 Å². The van der Waals surface area contributed by atoms with Crippen molar-refractivity contribution in [3.63, 3.8) is 0 Å². The molecule has 2 rings (SSSR count). The number of anilines is 2. The Morgan fingerprint density at radius 2 is 1.69 bits per heavy atom. The van der Waals surface area contributed by atoms with Gasteiger partial charge in [0.1, 0.15) is 0 Å². The lowest BCUT2D eigenvalue weighted by atomic mass is 10.2. The average Bonchev–Trinajstić information content (AvgIpc) is 2.68. The van der Waals surface area contributed by atoms with Crippen LogP contribution in [0.1, 0.15) is 43.0 Å². The number of rotatable bonds is 8. The predicted octanol–water partition coefficient (Wildman–Crippen LogP) is 4.24. The lowest BCUT2D eigenvalue weighted by Gasteiger charge is -2.11. The van der Waals surface area contributed by atoms with E-state index in [2.05, 4.69) is 22.9 Å². The number of benzene rings is 2. The first-order valence-electron chi connectivity index (χ1n) is 9.15. The van der Waals surface area contributed by atoms with Crippen LogP contribution in [0.4, 0.5) is 17.1 Å². The van der Waals surface area contributed by atoms with Gasteiger partial charge in [0.15, 0.2) is 5.11 Å². The number of nitro benzene ring substituents is 1. The van der Waals surface area contributed by atoms with E-state index in [1.165, 1.54) is 24.3 Å². The molecule has 2 amide bonds. The Hall–Kier alpha value is -3.33. The first-order valence-corrected chi connectivity index (χ1v) is 9.56. The largest absolute Gasteiger partial charge is 0.332 e. The summed E-state index contributed by atoms with van der Waals surface area (Å²) in [4.78, 5) is 34.3. The third kappa shape index (κ3) is 7.30. The lowest BCUT2D eigenvalue weighted by molar-refractivity contribution is -0.384. The van der Waals surface area contributed by atoms with Gasteiger partial charge in [-0.15, -0.1) is 0 Å². The fourth-order valence-electron chi connectivity index (χ4n) is 2.51. The van der Waals surface area contributed by atoms with Crippen molar-refractivity contribution in [1.29, 1.82) is 0 Å². The van der Waals surface area contributed by atoms with Crippen molar-refractivity contribution in [2.45, 2.75) is 32.6 Å². The number of nitrogens with one attached hydrogen (secondary N) is 3. The Morgan fingerprint density at radius 3 is 2.31 bits per heavy atom. The number of nitro groups is 1. The molecule has 0 bridgehead atoms. The number of carbonyl (C=O) groups excluding carboxylic acids is 2. The van der Waals surface area contributed by atoms with Crippen molar-refractivity contribution in [2.24, 2.45) is 0 Å². The molecule has 8 nitrogen and oxygen atoms in total. The normalized spacial score (nSPS) is 10.1. The van der Waals surface area contributed by atoms with Gasteiger partial charge in [-0.3, -0.25) is 25.0 Å². The molecule has 29 heavy (non-hydrogen) atoms. The molecule has 2 aromatic rings. The maximum Gasteiger partial charge on any atom is 0.269 e. The SMILES string of the molecule is CCCCCC(=O)Nc1cccc(NC(=S)NC(=O)c2ccc([N+](=O)[O-])cc2)c1. The quantitative estimate of drug-likeness (QED) is 0.258. The van der Waals surface area contributed by atoms with E-state index < -0.39 is 10.8 Å². The highest BCUT2D eigenvalue weighted by atomic mass is 32.1. The van der Waals surface area contributed by atoms with Crippen LogP contribution in [0.15, 0.2) is 48.5 Å². The molecule has 0 heterocycles. The van der Waals surface area contributed by atoms with Gasteiger partial charge < -0.3 is 10.6 Å². The van der Waals surface area contributed by atoms with Crippen LogP contribution in [0.2, 0.25) is 0 Å². The van der Waals surface area contributed by atoms with Gasteiger partial charge in [-0.05, 0) is 49.0 Å². The van der Waals surface area contributed by atoms with Crippen LogP contribution in [-0.2, 0) is 4.79 Å². The number of non-ortho nitro benzene ring substituents is 1. The van der Waals surface area contributed by atoms with Crippen molar-refractivity contribution < 1.29 is 14.5 Å². The molecule has 0 aromatic heterocycles. The van der Waals surface area contributed by atoms with Gasteiger partial charge in [0.25, 0.3) is 11.6 Å². The van der Waals surface area contributed by atoms with Crippen molar-refractivity contribution in [3.8, 4) is 0 Å². The minimum Gasteiger partial charge on any atom is -0.332 e. The van der Waals surface area contributed by atoms with E-state index in [0.717, 1.165) is 19.3 Å². The molecule has 0 fully saturated rings. The highest BCUT2D eigenvalue weighted by molar-refractivity contribution is 7.80. The number of thiocarbonyl (C=S) groups is 1. The molecule has 152 valence electrons. The summed E-state index contributed by atoms with van der Waals surface area (Å²) in [5.41, 5.74) is 1.37. The van der Waals surface area contributed by atoms with Crippen LogP contribution in [0.25, 0.3) is 0 Å². The molecule has 0 aliphatic heterocycles. The van der Waals surface area contributed by atoms with E-state index in [9.17, 15) is 19.7 Å². The van der Waals surface area contributed by atoms with E-state index in [0.29, 0.717) is 17.8 Å². The molecule has 3 N–H and O–H groups in total. The number of hydrogen-bond donors (Lipinski definition) is 3. The van der Waals surface area contributed by atoms with Crippen molar-refractivity contribution >= 4 is 46.2 Å². The van der Waals surface area contributed by atoms with Gasteiger partial charge in [0.05, 0.1) is 4.92 Å².